The molecule has 5 heteroatoms. The second-order valence-corrected chi connectivity index (χ2v) is 7.00. The molecule has 2 rings (SSSR count). The van der Waals surface area contributed by atoms with Crippen LogP contribution in [-0.2, 0) is 22.6 Å². The summed E-state index contributed by atoms with van der Waals surface area (Å²) in [6.45, 7) is 6.74. The third-order valence-corrected chi connectivity index (χ3v) is 4.88. The maximum Gasteiger partial charge on any atom is 0.242 e. The molecule has 0 saturated heterocycles. The summed E-state index contributed by atoms with van der Waals surface area (Å²) < 4.78 is 0. The Bertz CT molecular complexity index is 774. The average Bonchev–Trinajstić information content (AvgIpc) is 2.65. The van der Waals surface area contributed by atoms with Crippen LogP contribution in [0.25, 0.3) is 0 Å². The van der Waals surface area contributed by atoms with Crippen molar-refractivity contribution in [3.8, 4) is 0 Å². The van der Waals surface area contributed by atoms with Crippen LogP contribution in [0.5, 0.6) is 0 Å². The molecule has 0 spiro atoms. The fourth-order valence-corrected chi connectivity index (χ4v) is 3.21. The van der Waals surface area contributed by atoms with Gasteiger partial charge in [-0.05, 0) is 37.5 Å². The molecule has 0 aliphatic carbocycles. The highest BCUT2D eigenvalue weighted by molar-refractivity contribution is 6.31. The highest BCUT2D eigenvalue weighted by Crippen LogP contribution is 2.19. The first-order valence-corrected chi connectivity index (χ1v) is 9.70. The molecule has 0 aromatic heterocycles. The topological polar surface area (TPSA) is 49.4 Å². The van der Waals surface area contributed by atoms with E-state index in [1.807, 2.05) is 63.2 Å². The van der Waals surface area contributed by atoms with Crippen LogP contribution in [0.1, 0.15) is 37.0 Å². The Morgan fingerprint density at radius 3 is 2.33 bits per heavy atom. The number of amides is 2. The lowest BCUT2D eigenvalue weighted by Gasteiger charge is -2.30. The number of likely N-dealkylation sites (N-methyl/N-ethyl adjacent to an activating group) is 1. The number of nitrogens with one attached hydrogen (secondary N) is 1. The summed E-state index contributed by atoms with van der Waals surface area (Å²) in [6.07, 6.45) is 0.716. The second-order valence-electron chi connectivity index (χ2n) is 6.59. The van der Waals surface area contributed by atoms with Gasteiger partial charge in [0.05, 0.1) is 6.42 Å². The Labute approximate surface area is 166 Å². The summed E-state index contributed by atoms with van der Waals surface area (Å²) >= 11 is 6.23. The van der Waals surface area contributed by atoms with Gasteiger partial charge in [-0.15, -0.1) is 0 Å². The molecule has 2 aromatic carbocycles. The van der Waals surface area contributed by atoms with E-state index in [2.05, 4.69) is 5.32 Å². The van der Waals surface area contributed by atoms with Crippen molar-refractivity contribution < 1.29 is 9.59 Å². The molecule has 0 heterocycles. The molecule has 2 aromatic rings. The van der Waals surface area contributed by atoms with Crippen LogP contribution in [0.3, 0.4) is 0 Å². The van der Waals surface area contributed by atoms with Gasteiger partial charge >= 0.3 is 0 Å². The van der Waals surface area contributed by atoms with Gasteiger partial charge in [-0.2, -0.15) is 0 Å². The molecule has 0 bridgehead atoms. The smallest absolute Gasteiger partial charge is 0.242 e. The number of hydrogen-bond acceptors (Lipinski definition) is 2. The number of nitrogens with zero attached hydrogens (tertiary/aromatic N) is 1. The second kappa shape index (κ2) is 10.1. The van der Waals surface area contributed by atoms with Crippen molar-refractivity contribution in [2.75, 3.05) is 6.54 Å². The Morgan fingerprint density at radius 1 is 1.07 bits per heavy atom. The molecular formula is C22H27ClN2O2. The predicted octanol–water partition coefficient (Wildman–Crippen LogP) is 4.13. The molecule has 0 radical (unpaired) electrons. The Balaban J connectivity index is 2.29. The van der Waals surface area contributed by atoms with E-state index in [1.54, 1.807) is 11.0 Å². The first-order valence-electron chi connectivity index (χ1n) is 9.32. The standard InChI is InChI=1S/C22H27ClN2O2/c1-4-20(22(27)24-5-2)25(15-17-12-10-16(3)11-13-17)21(26)14-18-8-6-7-9-19(18)23/h6-13,20H,4-5,14-15H2,1-3H3,(H,24,27). The number of benzene rings is 2. The van der Waals surface area contributed by atoms with Crippen molar-refractivity contribution in [2.24, 2.45) is 0 Å². The van der Waals surface area contributed by atoms with Gasteiger partial charge in [0.1, 0.15) is 6.04 Å². The van der Waals surface area contributed by atoms with Gasteiger partial charge in [-0.3, -0.25) is 9.59 Å². The molecule has 144 valence electrons. The van der Waals surface area contributed by atoms with E-state index in [4.69, 9.17) is 11.6 Å². The normalized spacial score (nSPS) is 11.7. The van der Waals surface area contributed by atoms with E-state index in [9.17, 15) is 9.59 Å². The molecule has 1 unspecified atom stereocenters. The Hall–Kier alpha value is -2.33. The molecule has 1 N–H and O–H groups in total. The number of carbonyl (C=O) groups excluding carboxylic acids is 2. The summed E-state index contributed by atoms with van der Waals surface area (Å²) in [5, 5.41) is 3.41. The van der Waals surface area contributed by atoms with E-state index >= 15 is 0 Å². The lowest BCUT2D eigenvalue weighted by atomic mass is 10.1. The molecular weight excluding hydrogens is 360 g/mol. The zero-order valence-electron chi connectivity index (χ0n) is 16.2. The zero-order valence-corrected chi connectivity index (χ0v) is 16.9. The van der Waals surface area contributed by atoms with Crippen LogP contribution in [0.2, 0.25) is 5.02 Å². The van der Waals surface area contributed by atoms with Crippen molar-refractivity contribution in [3.63, 3.8) is 0 Å². The summed E-state index contributed by atoms with van der Waals surface area (Å²) in [5.74, 6) is -0.235. The predicted molar refractivity (Wildman–Crippen MR) is 110 cm³/mol. The quantitative estimate of drug-likeness (QED) is 0.741. The van der Waals surface area contributed by atoms with Gasteiger partial charge in [0.15, 0.2) is 0 Å². The summed E-state index contributed by atoms with van der Waals surface area (Å²) in [7, 11) is 0. The molecule has 27 heavy (non-hydrogen) atoms. The van der Waals surface area contributed by atoms with E-state index in [-0.39, 0.29) is 18.2 Å². The Morgan fingerprint density at radius 2 is 1.74 bits per heavy atom. The fraction of sp³-hybridized carbons (Fsp3) is 0.364. The third-order valence-electron chi connectivity index (χ3n) is 4.51. The highest BCUT2D eigenvalue weighted by atomic mass is 35.5. The van der Waals surface area contributed by atoms with Crippen LogP contribution >= 0.6 is 11.6 Å². The number of carbonyl (C=O) groups is 2. The zero-order chi connectivity index (χ0) is 19.8. The van der Waals surface area contributed by atoms with Crippen molar-refractivity contribution in [3.05, 3.63) is 70.2 Å². The molecule has 1 atom stereocenters. The molecule has 4 nitrogen and oxygen atoms in total. The van der Waals surface area contributed by atoms with Gasteiger partial charge in [-0.25, -0.2) is 0 Å². The monoisotopic (exact) mass is 386 g/mol. The first-order chi connectivity index (χ1) is 13.0. The number of halogens is 1. The number of rotatable bonds is 8. The van der Waals surface area contributed by atoms with Crippen molar-refractivity contribution in [1.29, 1.82) is 0 Å². The highest BCUT2D eigenvalue weighted by Gasteiger charge is 2.28. The maximum atomic E-state index is 13.1. The molecule has 0 aliphatic rings. The minimum atomic E-state index is -0.513. The van der Waals surface area contributed by atoms with Crippen LogP contribution in [0.15, 0.2) is 48.5 Å². The molecule has 0 fully saturated rings. The van der Waals surface area contributed by atoms with Crippen molar-refractivity contribution in [2.45, 2.75) is 46.2 Å². The van der Waals surface area contributed by atoms with E-state index in [1.165, 1.54) is 0 Å². The molecule has 0 saturated carbocycles. The van der Waals surface area contributed by atoms with E-state index < -0.39 is 6.04 Å². The van der Waals surface area contributed by atoms with E-state index in [0.29, 0.717) is 24.5 Å². The third kappa shape index (κ3) is 5.83. The van der Waals surface area contributed by atoms with Gasteiger partial charge in [0, 0.05) is 18.1 Å². The van der Waals surface area contributed by atoms with Gasteiger partial charge in [0.2, 0.25) is 11.8 Å². The largest absolute Gasteiger partial charge is 0.355 e. The van der Waals surface area contributed by atoms with Crippen LogP contribution in [0.4, 0.5) is 0 Å². The SMILES string of the molecule is CCNC(=O)C(CC)N(Cc1ccc(C)cc1)C(=O)Cc1ccccc1Cl. The lowest BCUT2D eigenvalue weighted by molar-refractivity contribution is -0.140. The lowest BCUT2D eigenvalue weighted by Crippen LogP contribution is -2.49. The minimum Gasteiger partial charge on any atom is -0.355 e. The summed E-state index contributed by atoms with van der Waals surface area (Å²) in [5.41, 5.74) is 2.92. The van der Waals surface area contributed by atoms with Crippen LogP contribution in [-0.4, -0.2) is 29.3 Å². The maximum absolute atomic E-state index is 13.1. The summed E-state index contributed by atoms with van der Waals surface area (Å²) in [6, 6.07) is 14.8. The average molecular weight is 387 g/mol. The van der Waals surface area contributed by atoms with E-state index in [0.717, 1.165) is 16.7 Å². The minimum absolute atomic E-state index is 0.109. The van der Waals surface area contributed by atoms with Crippen LogP contribution in [0, 0.1) is 6.92 Å². The van der Waals surface area contributed by atoms with Gasteiger partial charge in [0.25, 0.3) is 0 Å². The summed E-state index contributed by atoms with van der Waals surface area (Å²) in [4.78, 5) is 27.4. The Kier molecular flexibility index (Phi) is 7.86. The van der Waals surface area contributed by atoms with Crippen LogP contribution < -0.4 is 5.32 Å². The number of hydrogen-bond donors (Lipinski definition) is 1. The van der Waals surface area contributed by atoms with Crippen molar-refractivity contribution >= 4 is 23.4 Å². The van der Waals surface area contributed by atoms with Gasteiger partial charge < -0.3 is 10.2 Å². The number of aryl methyl sites for hydroxylation is 1. The molecule has 0 aliphatic heterocycles. The van der Waals surface area contributed by atoms with Gasteiger partial charge in [-0.1, -0.05) is 66.6 Å². The fourth-order valence-electron chi connectivity index (χ4n) is 3.01. The molecule has 2 amide bonds. The first kappa shape index (κ1) is 21.0. The van der Waals surface area contributed by atoms with Crippen molar-refractivity contribution in [1.82, 2.24) is 10.2 Å².